The molecule has 0 N–H and O–H groups in total. The highest BCUT2D eigenvalue weighted by molar-refractivity contribution is 5.82. The first-order chi connectivity index (χ1) is 13.6. The predicted molar refractivity (Wildman–Crippen MR) is 65.6 cm³/mol. The van der Waals surface area contributed by atoms with Gasteiger partial charge in [-0.25, -0.2) is 4.79 Å². The summed E-state index contributed by atoms with van der Waals surface area (Å²) in [6, 6.07) is 0. The summed E-state index contributed by atoms with van der Waals surface area (Å²) in [7, 11) is 0. The Kier molecular flexibility index (Phi) is 7.27. The maximum absolute atomic E-state index is 13.4. The molecule has 0 aromatic carbocycles. The number of carbonyl (C=O) groups excluding carboxylic acids is 1. The number of nitrogens with zero attached hydrogens (tertiary/aromatic N) is 1. The Morgan fingerprint density at radius 2 is 0.812 bits per heavy atom. The number of hydrogen-bond acceptors (Lipinski definition) is 3. The van der Waals surface area contributed by atoms with Gasteiger partial charge in [-0.2, -0.15) is 74.6 Å². The summed E-state index contributed by atoms with van der Waals surface area (Å²) < 4.78 is 220. The first kappa shape index (κ1) is 29.9. The largest absolute Gasteiger partial charge is 0.460 e. The zero-order chi connectivity index (χ0) is 26.6. The van der Waals surface area contributed by atoms with E-state index >= 15 is 0 Å². The second kappa shape index (κ2) is 7.77. The van der Waals surface area contributed by atoms with Crippen LogP contribution in [0.15, 0.2) is 5.16 Å². The molecule has 0 radical (unpaired) electrons. The Balaban J connectivity index is 6.72. The lowest BCUT2D eigenvalue weighted by Crippen LogP contribution is -2.75. The second-order valence-corrected chi connectivity index (χ2v) is 5.94. The smallest absolute Gasteiger partial charge is 0.311 e. The summed E-state index contributed by atoms with van der Waals surface area (Å²) in [5, 5.41) is 2.22. The summed E-state index contributed by atoms with van der Waals surface area (Å²) >= 11 is 0. The van der Waals surface area contributed by atoms with Crippen LogP contribution >= 0.6 is 0 Å². The first-order valence-corrected chi connectivity index (χ1v) is 7.03. The number of alkyl halides is 17. The average Bonchev–Trinajstić information content (AvgIpc) is 2.57. The molecule has 0 heterocycles. The Morgan fingerprint density at radius 3 is 1.09 bits per heavy atom. The molecular formula is C12H6F17NO2. The SMILES string of the molecule is CC(C)=NOC(=O)C(F)(F)C(F)(F)C(F)(F)C(F)(F)C(F)(F)C(F)(F)C(F)(F)C(F)(F)F. The molecule has 0 spiro atoms. The molecule has 0 aromatic heterocycles. The quantitative estimate of drug-likeness (QED) is 0.173. The van der Waals surface area contributed by atoms with Crippen LogP contribution in [0.2, 0.25) is 0 Å². The summed E-state index contributed by atoms with van der Waals surface area (Å²) in [6.07, 6.45) is -7.84. The predicted octanol–water partition coefficient (Wildman–Crippen LogP) is 5.93. The van der Waals surface area contributed by atoms with Crippen LogP contribution in [-0.4, -0.2) is 59.3 Å². The molecule has 0 atom stereocenters. The highest BCUT2D eigenvalue weighted by atomic mass is 19.4. The van der Waals surface area contributed by atoms with Crippen molar-refractivity contribution in [3.05, 3.63) is 0 Å². The lowest BCUT2D eigenvalue weighted by molar-refractivity contribution is -0.460. The number of carbonyl (C=O) groups is 1. The van der Waals surface area contributed by atoms with E-state index in [-0.39, 0.29) is 0 Å². The van der Waals surface area contributed by atoms with Gasteiger partial charge in [0, 0.05) is 0 Å². The Bertz CT molecular complexity index is 747. The van der Waals surface area contributed by atoms with E-state index in [1.807, 2.05) is 0 Å². The van der Waals surface area contributed by atoms with Crippen LogP contribution in [0.4, 0.5) is 74.6 Å². The van der Waals surface area contributed by atoms with E-state index in [1.165, 1.54) is 0 Å². The third-order valence-electron chi connectivity index (χ3n) is 3.29. The van der Waals surface area contributed by atoms with Gasteiger partial charge in [-0.05, 0) is 13.8 Å². The van der Waals surface area contributed by atoms with E-state index in [0.29, 0.717) is 0 Å². The van der Waals surface area contributed by atoms with Crippen LogP contribution in [-0.2, 0) is 9.63 Å². The molecular weight excluding hydrogens is 513 g/mol. The molecule has 0 amide bonds. The van der Waals surface area contributed by atoms with Gasteiger partial charge in [0.2, 0.25) is 0 Å². The Labute approximate surface area is 164 Å². The molecule has 0 unspecified atom stereocenters. The number of hydrogen-bond donors (Lipinski definition) is 0. The number of halogens is 17. The fourth-order valence-electron chi connectivity index (χ4n) is 1.48. The Morgan fingerprint density at radius 1 is 0.531 bits per heavy atom. The highest BCUT2D eigenvalue weighted by Gasteiger charge is 2.96. The van der Waals surface area contributed by atoms with Crippen LogP contribution in [0.5, 0.6) is 0 Å². The maximum Gasteiger partial charge on any atom is 0.460 e. The molecule has 3 nitrogen and oxygen atoms in total. The minimum Gasteiger partial charge on any atom is -0.311 e. The van der Waals surface area contributed by atoms with Gasteiger partial charge in [-0.3, -0.25) is 0 Å². The Hall–Kier alpha value is -2.05. The van der Waals surface area contributed by atoms with Crippen molar-refractivity contribution in [2.75, 3.05) is 0 Å². The summed E-state index contributed by atoms with van der Waals surface area (Å²) in [5.74, 6) is -62.3. The molecule has 0 saturated carbocycles. The van der Waals surface area contributed by atoms with Crippen molar-refractivity contribution in [3.63, 3.8) is 0 Å². The molecule has 0 fully saturated rings. The number of oxime groups is 1. The standard InChI is InChI=1S/C12H6F17NO2/c1-3(2)30-32-4(31)5(13,14)6(15,16)7(17,18)8(19,20)9(21,22)10(23,24)11(25,26)12(27,28)29/h1-2H3. The molecule has 0 rings (SSSR count). The van der Waals surface area contributed by atoms with Gasteiger partial charge in [0.1, 0.15) is 0 Å². The maximum atomic E-state index is 13.4. The van der Waals surface area contributed by atoms with Crippen LogP contribution < -0.4 is 0 Å². The van der Waals surface area contributed by atoms with Gasteiger partial charge in [0.25, 0.3) is 0 Å². The van der Waals surface area contributed by atoms with Crippen molar-refractivity contribution >= 4 is 11.7 Å². The molecule has 0 aromatic rings. The zero-order valence-corrected chi connectivity index (χ0v) is 14.7. The van der Waals surface area contributed by atoms with E-state index in [1.54, 1.807) is 0 Å². The van der Waals surface area contributed by atoms with Crippen LogP contribution in [0.3, 0.4) is 0 Å². The molecule has 0 aliphatic carbocycles. The normalized spacial score (nSPS) is 15.5. The minimum absolute atomic E-state index is 0.588. The van der Waals surface area contributed by atoms with E-state index < -0.39 is 59.3 Å². The topological polar surface area (TPSA) is 38.7 Å². The first-order valence-electron chi connectivity index (χ1n) is 7.03. The van der Waals surface area contributed by atoms with Crippen LogP contribution in [0.1, 0.15) is 13.8 Å². The van der Waals surface area contributed by atoms with E-state index in [9.17, 15) is 79.4 Å². The fourth-order valence-corrected chi connectivity index (χ4v) is 1.48. The lowest BCUT2D eigenvalue weighted by atomic mass is 9.89. The molecule has 0 bridgehead atoms. The van der Waals surface area contributed by atoms with Crippen molar-refractivity contribution in [2.24, 2.45) is 5.16 Å². The monoisotopic (exact) mass is 519 g/mol. The van der Waals surface area contributed by atoms with Crippen molar-refractivity contribution in [3.8, 4) is 0 Å². The van der Waals surface area contributed by atoms with Gasteiger partial charge in [0.05, 0.1) is 5.71 Å². The summed E-state index contributed by atoms with van der Waals surface area (Å²) in [5.41, 5.74) is -0.588. The van der Waals surface area contributed by atoms with Crippen LogP contribution in [0.25, 0.3) is 0 Å². The van der Waals surface area contributed by atoms with Crippen molar-refractivity contribution < 1.29 is 84.3 Å². The third kappa shape index (κ3) is 3.92. The van der Waals surface area contributed by atoms with Crippen molar-refractivity contribution in [2.45, 2.75) is 61.5 Å². The molecule has 0 aliphatic heterocycles. The molecule has 0 saturated heterocycles. The van der Waals surface area contributed by atoms with Gasteiger partial charge in [-0.15, -0.1) is 0 Å². The molecule has 190 valence electrons. The van der Waals surface area contributed by atoms with Crippen LogP contribution in [0, 0.1) is 0 Å². The van der Waals surface area contributed by atoms with E-state index in [0.717, 1.165) is 13.8 Å². The highest BCUT2D eigenvalue weighted by Crippen LogP contribution is 2.63. The molecule has 32 heavy (non-hydrogen) atoms. The fraction of sp³-hybridized carbons (Fsp3) is 0.833. The van der Waals surface area contributed by atoms with E-state index in [2.05, 4.69) is 9.99 Å². The molecule has 20 heteroatoms. The third-order valence-corrected chi connectivity index (χ3v) is 3.29. The van der Waals surface area contributed by atoms with Gasteiger partial charge >= 0.3 is 53.6 Å². The second-order valence-electron chi connectivity index (χ2n) is 5.94. The summed E-state index contributed by atoms with van der Waals surface area (Å²) in [4.78, 5) is 13.7. The summed E-state index contributed by atoms with van der Waals surface area (Å²) in [6.45, 7) is 1.57. The lowest BCUT2D eigenvalue weighted by Gasteiger charge is -2.42. The van der Waals surface area contributed by atoms with Gasteiger partial charge < -0.3 is 4.84 Å². The minimum atomic E-state index is -8.76. The molecule has 0 aliphatic rings. The van der Waals surface area contributed by atoms with Gasteiger partial charge in [-0.1, -0.05) is 5.16 Å². The zero-order valence-electron chi connectivity index (χ0n) is 14.7. The average molecular weight is 519 g/mol. The van der Waals surface area contributed by atoms with Gasteiger partial charge in [0.15, 0.2) is 0 Å². The van der Waals surface area contributed by atoms with Crippen molar-refractivity contribution in [1.82, 2.24) is 0 Å². The van der Waals surface area contributed by atoms with E-state index in [4.69, 9.17) is 0 Å². The van der Waals surface area contributed by atoms with Crippen molar-refractivity contribution in [1.29, 1.82) is 0 Å². The number of rotatable bonds is 8.